The molecule has 2 aliphatic rings. The van der Waals surface area contributed by atoms with Gasteiger partial charge in [0.1, 0.15) is 0 Å². The SMILES string of the molecule is CN(C)S(=O)(=O)c1ccc(N2CCCC2)c(C(=O)NC2CCc3ccccc32)c1. The lowest BCUT2D eigenvalue weighted by molar-refractivity contribution is 0.0937. The van der Waals surface area contributed by atoms with Gasteiger partial charge >= 0.3 is 0 Å². The number of anilines is 1. The van der Waals surface area contributed by atoms with Crippen molar-refractivity contribution in [3.63, 3.8) is 0 Å². The third-order valence-corrected chi connectivity index (χ3v) is 7.69. The molecular weight excluding hydrogens is 386 g/mol. The van der Waals surface area contributed by atoms with Gasteiger partial charge in [0.05, 0.1) is 16.5 Å². The van der Waals surface area contributed by atoms with Crippen molar-refractivity contribution in [1.29, 1.82) is 0 Å². The Bertz CT molecular complexity index is 1030. The maximum Gasteiger partial charge on any atom is 0.253 e. The summed E-state index contributed by atoms with van der Waals surface area (Å²) in [5.74, 6) is -0.218. The van der Waals surface area contributed by atoms with E-state index in [-0.39, 0.29) is 16.8 Å². The van der Waals surface area contributed by atoms with E-state index in [1.54, 1.807) is 12.1 Å². The summed E-state index contributed by atoms with van der Waals surface area (Å²) in [6, 6.07) is 13.0. The highest BCUT2D eigenvalue weighted by molar-refractivity contribution is 7.89. The summed E-state index contributed by atoms with van der Waals surface area (Å²) in [6.45, 7) is 1.76. The van der Waals surface area contributed by atoms with Gasteiger partial charge in [0.2, 0.25) is 10.0 Å². The van der Waals surface area contributed by atoms with Gasteiger partial charge in [-0.1, -0.05) is 24.3 Å². The summed E-state index contributed by atoms with van der Waals surface area (Å²) >= 11 is 0. The summed E-state index contributed by atoms with van der Waals surface area (Å²) < 4.78 is 26.4. The van der Waals surface area contributed by atoms with Crippen molar-refractivity contribution in [3.8, 4) is 0 Å². The fourth-order valence-electron chi connectivity index (χ4n) is 4.25. The van der Waals surface area contributed by atoms with E-state index in [9.17, 15) is 13.2 Å². The number of benzene rings is 2. The Morgan fingerprint density at radius 3 is 2.55 bits per heavy atom. The third-order valence-electron chi connectivity index (χ3n) is 5.88. The van der Waals surface area contributed by atoms with Crippen LogP contribution in [0.25, 0.3) is 0 Å². The summed E-state index contributed by atoms with van der Waals surface area (Å²) in [5, 5.41) is 3.15. The van der Waals surface area contributed by atoms with Crippen LogP contribution in [0.4, 0.5) is 5.69 Å². The second kappa shape index (κ2) is 7.80. The molecule has 154 valence electrons. The van der Waals surface area contributed by atoms with Gasteiger partial charge in [0, 0.05) is 32.9 Å². The first-order chi connectivity index (χ1) is 13.9. The minimum atomic E-state index is -3.61. The van der Waals surface area contributed by atoms with Crippen LogP contribution in [0.5, 0.6) is 0 Å². The van der Waals surface area contributed by atoms with Gasteiger partial charge in [0.25, 0.3) is 5.91 Å². The number of fused-ring (bicyclic) bond motifs is 1. The lowest BCUT2D eigenvalue weighted by Crippen LogP contribution is -2.30. The van der Waals surface area contributed by atoms with Gasteiger partial charge in [-0.05, 0) is 55.0 Å². The largest absolute Gasteiger partial charge is 0.371 e. The maximum absolute atomic E-state index is 13.3. The predicted octanol–water partition coefficient (Wildman–Crippen LogP) is 2.95. The van der Waals surface area contributed by atoms with E-state index >= 15 is 0 Å². The van der Waals surface area contributed by atoms with E-state index in [1.165, 1.54) is 30.0 Å². The van der Waals surface area contributed by atoms with Crippen LogP contribution < -0.4 is 10.2 Å². The molecule has 1 heterocycles. The van der Waals surface area contributed by atoms with Crippen molar-refractivity contribution >= 4 is 21.6 Å². The molecule has 2 aromatic carbocycles. The van der Waals surface area contributed by atoms with Crippen molar-refractivity contribution < 1.29 is 13.2 Å². The van der Waals surface area contributed by atoms with Gasteiger partial charge in [-0.3, -0.25) is 4.79 Å². The molecule has 1 unspecified atom stereocenters. The van der Waals surface area contributed by atoms with E-state index < -0.39 is 10.0 Å². The molecule has 1 atom stereocenters. The summed E-state index contributed by atoms with van der Waals surface area (Å²) in [4.78, 5) is 15.6. The first-order valence-electron chi connectivity index (χ1n) is 10.1. The zero-order valence-corrected chi connectivity index (χ0v) is 17.7. The van der Waals surface area contributed by atoms with Crippen LogP contribution in [-0.4, -0.2) is 45.8 Å². The van der Waals surface area contributed by atoms with Crippen LogP contribution in [0.1, 0.15) is 46.8 Å². The highest BCUT2D eigenvalue weighted by Gasteiger charge is 2.28. The molecule has 29 heavy (non-hydrogen) atoms. The molecule has 4 rings (SSSR count). The zero-order valence-electron chi connectivity index (χ0n) is 16.9. The van der Waals surface area contributed by atoms with Crippen LogP contribution >= 0.6 is 0 Å². The number of nitrogens with zero attached hydrogens (tertiary/aromatic N) is 2. The fraction of sp³-hybridized carbons (Fsp3) is 0.409. The Balaban J connectivity index is 1.69. The number of hydrogen-bond donors (Lipinski definition) is 1. The molecule has 1 aliphatic heterocycles. The van der Waals surface area contributed by atoms with Crippen LogP contribution in [0.3, 0.4) is 0 Å². The highest BCUT2D eigenvalue weighted by Crippen LogP contribution is 2.33. The Morgan fingerprint density at radius 2 is 1.83 bits per heavy atom. The average molecular weight is 414 g/mol. The van der Waals surface area contributed by atoms with Gasteiger partial charge in [-0.15, -0.1) is 0 Å². The Labute approximate surface area is 172 Å². The Kier molecular flexibility index (Phi) is 5.36. The first-order valence-corrected chi connectivity index (χ1v) is 11.5. The average Bonchev–Trinajstić information content (AvgIpc) is 3.38. The number of aryl methyl sites for hydroxylation is 1. The standard InChI is InChI=1S/C22H27N3O3S/c1-24(2)29(27,28)17-10-12-21(25-13-5-6-14-25)19(15-17)22(26)23-20-11-9-16-7-3-4-8-18(16)20/h3-4,7-8,10,12,15,20H,5-6,9,11,13-14H2,1-2H3,(H,23,26). The van der Waals surface area contributed by atoms with Crippen molar-refractivity contribution in [1.82, 2.24) is 9.62 Å². The predicted molar refractivity (Wildman–Crippen MR) is 114 cm³/mol. The molecule has 0 spiro atoms. The van der Waals surface area contributed by atoms with Crippen molar-refractivity contribution in [3.05, 3.63) is 59.2 Å². The molecule has 2 aromatic rings. The molecular formula is C22H27N3O3S. The molecule has 0 saturated carbocycles. The van der Waals surface area contributed by atoms with Crippen LogP contribution in [-0.2, 0) is 16.4 Å². The van der Waals surface area contributed by atoms with E-state index in [4.69, 9.17) is 0 Å². The monoisotopic (exact) mass is 413 g/mol. The van der Waals surface area contributed by atoms with Crippen molar-refractivity contribution in [2.75, 3.05) is 32.1 Å². The fourth-order valence-corrected chi connectivity index (χ4v) is 5.17. The van der Waals surface area contributed by atoms with Gasteiger partial charge in [-0.25, -0.2) is 12.7 Å². The number of hydrogen-bond acceptors (Lipinski definition) is 4. The molecule has 1 N–H and O–H groups in total. The molecule has 7 heteroatoms. The number of rotatable bonds is 5. The quantitative estimate of drug-likeness (QED) is 0.818. The van der Waals surface area contributed by atoms with Gasteiger partial charge in [-0.2, -0.15) is 0 Å². The molecule has 1 aliphatic carbocycles. The minimum Gasteiger partial charge on any atom is -0.371 e. The van der Waals surface area contributed by atoms with Crippen molar-refractivity contribution in [2.45, 2.75) is 36.6 Å². The Hall–Kier alpha value is -2.38. The van der Waals surface area contributed by atoms with Crippen LogP contribution in [0, 0.1) is 0 Å². The van der Waals surface area contributed by atoms with Crippen LogP contribution in [0.2, 0.25) is 0 Å². The second-order valence-electron chi connectivity index (χ2n) is 7.92. The van der Waals surface area contributed by atoms with Gasteiger partial charge in [0.15, 0.2) is 0 Å². The second-order valence-corrected chi connectivity index (χ2v) is 10.1. The molecule has 6 nitrogen and oxygen atoms in total. The third kappa shape index (κ3) is 3.76. The zero-order chi connectivity index (χ0) is 20.6. The smallest absolute Gasteiger partial charge is 0.253 e. The van der Waals surface area contributed by atoms with E-state index in [1.807, 2.05) is 12.1 Å². The van der Waals surface area contributed by atoms with E-state index in [0.717, 1.165) is 50.0 Å². The number of sulfonamides is 1. The number of carbonyl (C=O) groups is 1. The number of nitrogens with one attached hydrogen (secondary N) is 1. The summed E-state index contributed by atoms with van der Waals surface area (Å²) in [6.07, 6.45) is 3.96. The molecule has 0 bridgehead atoms. The normalized spacial score (nSPS) is 18.9. The minimum absolute atomic E-state index is 0.0424. The number of carbonyl (C=O) groups excluding carboxylic acids is 1. The van der Waals surface area contributed by atoms with E-state index in [0.29, 0.717) is 5.56 Å². The summed E-state index contributed by atoms with van der Waals surface area (Å²) in [5.41, 5.74) is 3.66. The maximum atomic E-state index is 13.3. The lowest BCUT2D eigenvalue weighted by Gasteiger charge is -2.23. The van der Waals surface area contributed by atoms with E-state index in [2.05, 4.69) is 22.3 Å². The van der Waals surface area contributed by atoms with Gasteiger partial charge < -0.3 is 10.2 Å². The van der Waals surface area contributed by atoms with Crippen molar-refractivity contribution in [2.24, 2.45) is 0 Å². The lowest BCUT2D eigenvalue weighted by atomic mass is 10.1. The molecule has 0 radical (unpaired) electrons. The molecule has 1 saturated heterocycles. The topological polar surface area (TPSA) is 69.7 Å². The molecule has 1 amide bonds. The molecule has 0 aromatic heterocycles. The first kappa shape index (κ1) is 19.9. The Morgan fingerprint density at radius 1 is 1.10 bits per heavy atom. The molecule has 1 fully saturated rings. The summed E-state index contributed by atoms with van der Waals surface area (Å²) in [7, 11) is -0.616. The number of amides is 1. The highest BCUT2D eigenvalue weighted by atomic mass is 32.2. The van der Waals surface area contributed by atoms with Crippen LogP contribution in [0.15, 0.2) is 47.4 Å².